The first kappa shape index (κ1) is 15.5. The molecule has 0 bridgehead atoms. The summed E-state index contributed by atoms with van der Waals surface area (Å²) in [5.74, 6) is 0.283. The molecule has 7 heteroatoms. The molecule has 0 radical (unpaired) electrons. The number of nitrogens with zero attached hydrogens (tertiary/aromatic N) is 2. The molecule has 114 valence electrons. The van der Waals surface area contributed by atoms with Gasteiger partial charge in [0.1, 0.15) is 4.90 Å². The number of aryl methyl sites for hydroxylation is 2. The summed E-state index contributed by atoms with van der Waals surface area (Å²) in [6, 6.07) is 0. The van der Waals surface area contributed by atoms with E-state index in [-0.39, 0.29) is 5.92 Å². The van der Waals surface area contributed by atoms with Crippen LogP contribution in [0.4, 0.5) is 0 Å². The Kier molecular flexibility index (Phi) is 4.82. The van der Waals surface area contributed by atoms with Crippen molar-refractivity contribution < 1.29 is 13.2 Å². The Hall–Kier alpha value is -0.920. The van der Waals surface area contributed by atoms with E-state index in [4.69, 9.17) is 4.74 Å². The number of piperidine rings is 1. The van der Waals surface area contributed by atoms with Crippen molar-refractivity contribution in [2.75, 3.05) is 26.3 Å². The van der Waals surface area contributed by atoms with Gasteiger partial charge in [-0.3, -0.25) is 5.10 Å². The van der Waals surface area contributed by atoms with Crippen LogP contribution in [0.2, 0.25) is 0 Å². The number of nitrogens with one attached hydrogen (secondary N) is 1. The molecule has 0 saturated carbocycles. The Balaban J connectivity index is 2.17. The molecule has 1 aliphatic heterocycles. The van der Waals surface area contributed by atoms with Crippen LogP contribution in [0.5, 0.6) is 0 Å². The third-order valence-corrected chi connectivity index (χ3v) is 5.83. The van der Waals surface area contributed by atoms with Gasteiger partial charge < -0.3 is 4.74 Å². The normalized spacial score (nSPS) is 21.2. The standard InChI is InChI=1S/C13H23N3O3S/c1-4-19-9-12-6-5-7-16(8-12)20(17,18)13-10(2)14-15-11(13)3/h12H,4-9H2,1-3H3,(H,14,15). The molecule has 20 heavy (non-hydrogen) atoms. The van der Waals surface area contributed by atoms with Crippen molar-refractivity contribution in [1.82, 2.24) is 14.5 Å². The molecular formula is C13H23N3O3S. The van der Waals surface area contributed by atoms with Gasteiger partial charge in [0, 0.05) is 19.7 Å². The summed E-state index contributed by atoms with van der Waals surface area (Å²) in [6.07, 6.45) is 1.91. The van der Waals surface area contributed by atoms with E-state index < -0.39 is 10.0 Å². The Morgan fingerprint density at radius 3 is 2.80 bits per heavy atom. The van der Waals surface area contributed by atoms with Crippen molar-refractivity contribution in [3.63, 3.8) is 0 Å². The van der Waals surface area contributed by atoms with Gasteiger partial charge >= 0.3 is 0 Å². The Bertz CT molecular complexity index is 534. The molecule has 1 saturated heterocycles. The van der Waals surface area contributed by atoms with Crippen LogP contribution < -0.4 is 0 Å². The first-order valence-electron chi connectivity index (χ1n) is 7.06. The molecule has 1 unspecified atom stereocenters. The van der Waals surface area contributed by atoms with Gasteiger partial charge in [-0.15, -0.1) is 0 Å². The minimum atomic E-state index is -3.45. The molecule has 0 aliphatic carbocycles. The third kappa shape index (κ3) is 3.05. The number of aromatic nitrogens is 2. The summed E-state index contributed by atoms with van der Waals surface area (Å²) >= 11 is 0. The van der Waals surface area contributed by atoms with E-state index in [1.807, 2.05) is 6.92 Å². The van der Waals surface area contributed by atoms with Gasteiger partial charge in [0.05, 0.1) is 18.0 Å². The lowest BCUT2D eigenvalue weighted by Crippen LogP contribution is -2.41. The van der Waals surface area contributed by atoms with Gasteiger partial charge in [0.25, 0.3) is 0 Å². The maximum Gasteiger partial charge on any atom is 0.246 e. The number of H-pyrrole nitrogens is 1. The highest BCUT2D eigenvalue weighted by molar-refractivity contribution is 7.89. The van der Waals surface area contributed by atoms with E-state index in [0.717, 1.165) is 12.8 Å². The summed E-state index contributed by atoms with van der Waals surface area (Å²) in [6.45, 7) is 7.83. The first-order valence-corrected chi connectivity index (χ1v) is 8.50. The average Bonchev–Trinajstić information content (AvgIpc) is 2.76. The molecule has 6 nitrogen and oxygen atoms in total. The summed E-state index contributed by atoms with van der Waals surface area (Å²) in [7, 11) is -3.45. The molecule has 1 fully saturated rings. The smallest absolute Gasteiger partial charge is 0.246 e. The van der Waals surface area contributed by atoms with Crippen LogP contribution in [-0.4, -0.2) is 49.2 Å². The number of hydrogen-bond acceptors (Lipinski definition) is 4. The number of hydrogen-bond donors (Lipinski definition) is 1. The van der Waals surface area contributed by atoms with E-state index in [0.29, 0.717) is 42.6 Å². The molecule has 0 amide bonds. The van der Waals surface area contributed by atoms with Crippen LogP contribution >= 0.6 is 0 Å². The topological polar surface area (TPSA) is 75.3 Å². The fraction of sp³-hybridized carbons (Fsp3) is 0.769. The Morgan fingerprint density at radius 1 is 1.45 bits per heavy atom. The largest absolute Gasteiger partial charge is 0.381 e. The van der Waals surface area contributed by atoms with Crippen LogP contribution in [0, 0.1) is 19.8 Å². The van der Waals surface area contributed by atoms with Crippen molar-refractivity contribution in [2.45, 2.75) is 38.5 Å². The average molecular weight is 301 g/mol. The van der Waals surface area contributed by atoms with Crippen LogP contribution in [0.3, 0.4) is 0 Å². The third-order valence-electron chi connectivity index (χ3n) is 3.70. The minimum Gasteiger partial charge on any atom is -0.381 e. The van der Waals surface area contributed by atoms with E-state index in [2.05, 4.69) is 10.2 Å². The molecule has 1 aromatic heterocycles. The van der Waals surface area contributed by atoms with Crippen molar-refractivity contribution in [1.29, 1.82) is 0 Å². The monoisotopic (exact) mass is 301 g/mol. The zero-order chi connectivity index (χ0) is 14.8. The molecule has 1 N–H and O–H groups in total. The summed E-state index contributed by atoms with van der Waals surface area (Å²) in [5, 5.41) is 6.74. The first-order chi connectivity index (χ1) is 9.46. The molecule has 1 aromatic rings. The second kappa shape index (κ2) is 6.24. The highest BCUT2D eigenvalue weighted by atomic mass is 32.2. The van der Waals surface area contributed by atoms with E-state index in [9.17, 15) is 8.42 Å². The van der Waals surface area contributed by atoms with Gasteiger partial charge in [0.15, 0.2) is 0 Å². The number of sulfonamides is 1. The predicted molar refractivity (Wildman–Crippen MR) is 76.0 cm³/mol. The zero-order valence-electron chi connectivity index (χ0n) is 12.3. The Morgan fingerprint density at radius 2 is 2.20 bits per heavy atom. The molecule has 0 spiro atoms. The minimum absolute atomic E-state index is 0.283. The van der Waals surface area contributed by atoms with Gasteiger partial charge in [-0.05, 0) is 39.5 Å². The molecule has 0 aromatic carbocycles. The summed E-state index contributed by atoms with van der Waals surface area (Å²) in [5.41, 5.74) is 1.14. The lowest BCUT2D eigenvalue weighted by Gasteiger charge is -2.31. The van der Waals surface area contributed by atoms with Crippen LogP contribution in [-0.2, 0) is 14.8 Å². The van der Waals surface area contributed by atoms with E-state index in [1.54, 1.807) is 18.2 Å². The highest BCUT2D eigenvalue weighted by Crippen LogP contribution is 2.26. The number of rotatable bonds is 5. The summed E-state index contributed by atoms with van der Waals surface area (Å²) in [4.78, 5) is 0.328. The molecule has 2 heterocycles. The van der Waals surface area contributed by atoms with Crippen molar-refractivity contribution in [2.24, 2.45) is 5.92 Å². The quantitative estimate of drug-likeness (QED) is 0.893. The number of aromatic amines is 1. The SMILES string of the molecule is CCOCC1CCCN(S(=O)(=O)c2c(C)n[nH]c2C)C1. The lowest BCUT2D eigenvalue weighted by atomic mass is 10.0. The summed E-state index contributed by atoms with van der Waals surface area (Å²) < 4.78 is 32.5. The zero-order valence-corrected chi connectivity index (χ0v) is 13.2. The van der Waals surface area contributed by atoms with E-state index >= 15 is 0 Å². The van der Waals surface area contributed by atoms with Gasteiger partial charge in [-0.1, -0.05) is 0 Å². The predicted octanol–water partition coefficient (Wildman–Crippen LogP) is 1.46. The van der Waals surface area contributed by atoms with Crippen molar-refractivity contribution in [3.8, 4) is 0 Å². The van der Waals surface area contributed by atoms with Gasteiger partial charge in [-0.25, -0.2) is 8.42 Å². The van der Waals surface area contributed by atoms with Crippen molar-refractivity contribution >= 4 is 10.0 Å². The lowest BCUT2D eigenvalue weighted by molar-refractivity contribution is 0.0864. The van der Waals surface area contributed by atoms with Crippen LogP contribution in [0.15, 0.2) is 4.90 Å². The van der Waals surface area contributed by atoms with E-state index in [1.165, 1.54) is 0 Å². The second-order valence-corrected chi connectivity index (χ2v) is 7.17. The number of ether oxygens (including phenoxy) is 1. The second-order valence-electron chi connectivity index (χ2n) is 5.29. The molecule has 2 rings (SSSR count). The highest BCUT2D eigenvalue weighted by Gasteiger charge is 2.33. The molecular weight excluding hydrogens is 278 g/mol. The maximum atomic E-state index is 12.7. The fourth-order valence-corrected chi connectivity index (χ4v) is 4.60. The fourth-order valence-electron chi connectivity index (χ4n) is 2.72. The van der Waals surface area contributed by atoms with Crippen LogP contribution in [0.1, 0.15) is 31.2 Å². The van der Waals surface area contributed by atoms with Crippen LogP contribution in [0.25, 0.3) is 0 Å². The Labute approximate surface area is 120 Å². The van der Waals surface area contributed by atoms with Gasteiger partial charge in [0.2, 0.25) is 10.0 Å². The maximum absolute atomic E-state index is 12.7. The van der Waals surface area contributed by atoms with Crippen molar-refractivity contribution in [3.05, 3.63) is 11.4 Å². The molecule has 1 aliphatic rings. The molecule has 1 atom stereocenters. The van der Waals surface area contributed by atoms with Gasteiger partial charge in [-0.2, -0.15) is 9.40 Å².